The molecule has 158 valence electrons. The number of rotatable bonds is 8. The fraction of sp³-hybridized carbons (Fsp3) is 0.190. The summed E-state index contributed by atoms with van der Waals surface area (Å²) >= 11 is 0. The van der Waals surface area contributed by atoms with Gasteiger partial charge < -0.3 is 30.7 Å². The van der Waals surface area contributed by atoms with Gasteiger partial charge in [0.2, 0.25) is 11.8 Å². The molecule has 0 spiro atoms. The lowest BCUT2D eigenvalue weighted by atomic mass is 10.2. The number of carbonyl (C=O) groups is 3. The lowest BCUT2D eigenvalue weighted by molar-refractivity contribution is -0.139. The number of nitrogens with one attached hydrogen (secondary N) is 2. The van der Waals surface area contributed by atoms with Crippen LogP contribution >= 0.6 is 0 Å². The number of hydrogen-bond acceptors (Lipinski definition) is 6. The van der Waals surface area contributed by atoms with Gasteiger partial charge in [0.15, 0.2) is 18.1 Å². The maximum absolute atomic E-state index is 12.2. The largest absolute Gasteiger partial charge is 0.504 e. The first-order chi connectivity index (χ1) is 14.2. The summed E-state index contributed by atoms with van der Waals surface area (Å²) in [6.45, 7) is 2.81. The number of benzene rings is 2. The summed E-state index contributed by atoms with van der Waals surface area (Å²) in [5, 5.41) is 32.8. The zero-order valence-electron chi connectivity index (χ0n) is 16.4. The molecule has 0 aromatic heterocycles. The smallest absolute Gasteiger partial charge is 0.341 e. The van der Waals surface area contributed by atoms with Gasteiger partial charge in [0.25, 0.3) is 0 Å². The standard InChI is InChI=1S/C21H22N2O7/c1-12(2)21(29)23-15-10-14(5-7-18(15)30-11-20(27)28)22-19(26)8-4-13-3-6-16(24)17(25)9-13/h3-10,12,24-25H,11H2,1-2H3,(H,22,26)(H,23,29)(H,27,28)/b8-4+. The van der Waals surface area contributed by atoms with E-state index in [1.165, 1.54) is 48.6 Å². The summed E-state index contributed by atoms with van der Waals surface area (Å²) in [7, 11) is 0. The van der Waals surface area contributed by atoms with Crippen LogP contribution in [0.2, 0.25) is 0 Å². The highest BCUT2D eigenvalue weighted by Crippen LogP contribution is 2.29. The van der Waals surface area contributed by atoms with E-state index < -0.39 is 18.5 Å². The molecule has 9 nitrogen and oxygen atoms in total. The monoisotopic (exact) mass is 414 g/mol. The molecule has 30 heavy (non-hydrogen) atoms. The zero-order valence-corrected chi connectivity index (χ0v) is 16.4. The highest BCUT2D eigenvalue weighted by molar-refractivity contribution is 6.03. The molecule has 0 aliphatic carbocycles. The summed E-state index contributed by atoms with van der Waals surface area (Å²) in [4.78, 5) is 34.9. The number of phenolic OH excluding ortho intramolecular Hbond substituents is 2. The maximum atomic E-state index is 12.2. The normalized spacial score (nSPS) is 10.8. The van der Waals surface area contributed by atoms with E-state index in [2.05, 4.69) is 10.6 Å². The van der Waals surface area contributed by atoms with E-state index in [-0.39, 0.29) is 34.8 Å². The van der Waals surface area contributed by atoms with E-state index in [9.17, 15) is 24.6 Å². The number of carboxylic acid groups (broad SMARTS) is 1. The Morgan fingerprint density at radius 2 is 1.77 bits per heavy atom. The Balaban J connectivity index is 2.16. The van der Waals surface area contributed by atoms with Crippen LogP contribution in [0.25, 0.3) is 6.08 Å². The van der Waals surface area contributed by atoms with Crippen molar-refractivity contribution in [2.24, 2.45) is 5.92 Å². The van der Waals surface area contributed by atoms with E-state index in [1.807, 2.05) is 0 Å². The van der Waals surface area contributed by atoms with Crippen LogP contribution in [0.5, 0.6) is 17.2 Å². The number of hydrogen-bond donors (Lipinski definition) is 5. The third-order valence-corrected chi connectivity index (χ3v) is 3.81. The lowest BCUT2D eigenvalue weighted by Gasteiger charge is -2.14. The first-order valence-electron chi connectivity index (χ1n) is 8.96. The molecular formula is C21H22N2O7. The average Bonchev–Trinajstić information content (AvgIpc) is 2.68. The van der Waals surface area contributed by atoms with Crippen LogP contribution in [0.15, 0.2) is 42.5 Å². The molecule has 0 saturated carbocycles. The first kappa shape index (κ1) is 22.3. The van der Waals surface area contributed by atoms with E-state index in [4.69, 9.17) is 9.84 Å². The van der Waals surface area contributed by atoms with Crippen LogP contribution in [0.1, 0.15) is 19.4 Å². The van der Waals surface area contributed by atoms with Gasteiger partial charge in [-0.05, 0) is 42.0 Å². The molecule has 0 atom stereocenters. The Hall–Kier alpha value is -4.01. The Labute approximate surface area is 172 Å². The first-order valence-corrected chi connectivity index (χ1v) is 8.96. The molecule has 0 unspecified atom stereocenters. The lowest BCUT2D eigenvalue weighted by Crippen LogP contribution is -2.19. The van der Waals surface area contributed by atoms with Gasteiger partial charge in [-0.1, -0.05) is 19.9 Å². The van der Waals surface area contributed by atoms with Crippen LogP contribution in [-0.4, -0.2) is 39.7 Å². The van der Waals surface area contributed by atoms with Gasteiger partial charge in [0.1, 0.15) is 5.75 Å². The van der Waals surface area contributed by atoms with Crippen LogP contribution in [0.4, 0.5) is 11.4 Å². The van der Waals surface area contributed by atoms with E-state index in [0.29, 0.717) is 11.3 Å². The average molecular weight is 414 g/mol. The number of carbonyl (C=O) groups excluding carboxylic acids is 2. The molecule has 0 saturated heterocycles. The molecule has 2 amide bonds. The summed E-state index contributed by atoms with van der Waals surface area (Å²) in [5.74, 6) is -2.69. The molecule has 0 fully saturated rings. The number of aliphatic carboxylic acids is 1. The molecule has 0 bridgehead atoms. The number of amides is 2. The summed E-state index contributed by atoms with van der Waals surface area (Å²) in [6, 6.07) is 8.51. The van der Waals surface area contributed by atoms with Crippen molar-refractivity contribution in [3.8, 4) is 17.2 Å². The van der Waals surface area contributed by atoms with Gasteiger partial charge in [0, 0.05) is 17.7 Å². The van der Waals surface area contributed by atoms with E-state index >= 15 is 0 Å². The van der Waals surface area contributed by atoms with Gasteiger partial charge in [-0.3, -0.25) is 9.59 Å². The predicted molar refractivity (Wildman–Crippen MR) is 110 cm³/mol. The second-order valence-corrected chi connectivity index (χ2v) is 6.61. The number of carboxylic acids is 1. The fourth-order valence-electron chi connectivity index (χ4n) is 2.25. The van der Waals surface area contributed by atoms with Gasteiger partial charge in [-0.15, -0.1) is 0 Å². The van der Waals surface area contributed by atoms with E-state index in [0.717, 1.165) is 0 Å². The van der Waals surface area contributed by atoms with Crippen LogP contribution in [-0.2, 0) is 14.4 Å². The SMILES string of the molecule is CC(C)C(=O)Nc1cc(NC(=O)/C=C/c2ccc(O)c(O)c2)ccc1OCC(=O)O. The highest BCUT2D eigenvalue weighted by Gasteiger charge is 2.13. The Kier molecular flexibility index (Phi) is 7.40. The third kappa shape index (κ3) is 6.55. The molecule has 2 aromatic rings. The van der Waals surface area contributed by atoms with Crippen molar-refractivity contribution in [1.29, 1.82) is 0 Å². The minimum atomic E-state index is -1.17. The summed E-state index contributed by atoms with van der Waals surface area (Å²) in [5.41, 5.74) is 1.07. The van der Waals surface area contributed by atoms with Crippen molar-refractivity contribution in [2.75, 3.05) is 17.2 Å². The molecule has 0 aliphatic heterocycles. The zero-order chi connectivity index (χ0) is 22.3. The van der Waals surface area contributed by atoms with Crippen molar-refractivity contribution in [3.63, 3.8) is 0 Å². The molecule has 9 heteroatoms. The minimum Gasteiger partial charge on any atom is -0.504 e. The van der Waals surface area contributed by atoms with Crippen molar-refractivity contribution >= 4 is 35.2 Å². The molecule has 5 N–H and O–H groups in total. The molecular weight excluding hydrogens is 392 g/mol. The molecule has 2 rings (SSSR count). The topological polar surface area (TPSA) is 145 Å². The van der Waals surface area contributed by atoms with Crippen molar-refractivity contribution < 1.29 is 34.4 Å². The van der Waals surface area contributed by atoms with Crippen molar-refractivity contribution in [1.82, 2.24) is 0 Å². The summed E-state index contributed by atoms with van der Waals surface area (Å²) in [6.07, 6.45) is 2.67. The Morgan fingerprint density at radius 3 is 2.40 bits per heavy atom. The molecule has 0 heterocycles. The van der Waals surface area contributed by atoms with Crippen molar-refractivity contribution in [3.05, 3.63) is 48.0 Å². The Bertz CT molecular complexity index is 983. The molecule has 2 aromatic carbocycles. The maximum Gasteiger partial charge on any atom is 0.341 e. The predicted octanol–water partition coefficient (Wildman–Crippen LogP) is 2.81. The van der Waals surface area contributed by atoms with Crippen LogP contribution in [0, 0.1) is 5.92 Å². The van der Waals surface area contributed by atoms with Gasteiger partial charge in [-0.25, -0.2) is 4.79 Å². The highest BCUT2D eigenvalue weighted by atomic mass is 16.5. The van der Waals surface area contributed by atoms with Gasteiger partial charge in [0.05, 0.1) is 5.69 Å². The molecule has 0 aliphatic rings. The third-order valence-electron chi connectivity index (χ3n) is 3.81. The summed E-state index contributed by atoms with van der Waals surface area (Å²) < 4.78 is 5.18. The fourth-order valence-corrected chi connectivity index (χ4v) is 2.25. The number of phenols is 2. The molecule has 0 radical (unpaired) electrons. The van der Waals surface area contributed by atoms with Crippen LogP contribution < -0.4 is 15.4 Å². The van der Waals surface area contributed by atoms with E-state index in [1.54, 1.807) is 13.8 Å². The number of aromatic hydroxyl groups is 2. The number of anilines is 2. The van der Waals surface area contributed by atoms with Crippen molar-refractivity contribution in [2.45, 2.75) is 13.8 Å². The second-order valence-electron chi connectivity index (χ2n) is 6.61. The van der Waals surface area contributed by atoms with Gasteiger partial charge >= 0.3 is 5.97 Å². The number of ether oxygens (including phenoxy) is 1. The van der Waals surface area contributed by atoms with Crippen LogP contribution in [0.3, 0.4) is 0 Å². The second kappa shape index (κ2) is 9.97. The minimum absolute atomic E-state index is 0.152. The Morgan fingerprint density at radius 1 is 1.03 bits per heavy atom. The van der Waals surface area contributed by atoms with Gasteiger partial charge in [-0.2, -0.15) is 0 Å². The quantitative estimate of drug-likeness (QED) is 0.330.